The van der Waals surface area contributed by atoms with E-state index in [2.05, 4.69) is 72.0 Å². The molecule has 2 aromatic rings. The highest BCUT2D eigenvalue weighted by molar-refractivity contribution is 5.93. The molecular formula is C31H41N5O. The summed E-state index contributed by atoms with van der Waals surface area (Å²) in [5, 5.41) is 0. The number of nitrogens with two attached hydrogens (primary N) is 1. The number of piperidine rings is 1. The van der Waals surface area contributed by atoms with E-state index >= 15 is 0 Å². The number of likely N-dealkylation sites (N-methyl/N-ethyl adjacent to an activating group) is 1. The van der Waals surface area contributed by atoms with Crippen LogP contribution in [0.3, 0.4) is 0 Å². The van der Waals surface area contributed by atoms with E-state index in [-0.39, 0.29) is 12.1 Å². The van der Waals surface area contributed by atoms with Gasteiger partial charge in [-0.05, 0) is 88.0 Å². The second-order valence-corrected chi connectivity index (χ2v) is 10.7. The van der Waals surface area contributed by atoms with E-state index in [4.69, 9.17) is 5.73 Å². The highest BCUT2D eigenvalue weighted by atomic mass is 16.2. The maximum atomic E-state index is 12.2. The quantitative estimate of drug-likeness (QED) is 0.613. The van der Waals surface area contributed by atoms with Crippen LogP contribution in [-0.4, -0.2) is 72.5 Å². The number of aromatic nitrogens is 1. The predicted molar refractivity (Wildman–Crippen MR) is 153 cm³/mol. The van der Waals surface area contributed by atoms with Crippen molar-refractivity contribution in [1.29, 1.82) is 0 Å². The van der Waals surface area contributed by atoms with E-state index in [1.807, 2.05) is 25.4 Å². The molecule has 1 saturated heterocycles. The van der Waals surface area contributed by atoms with Crippen LogP contribution >= 0.6 is 0 Å². The summed E-state index contributed by atoms with van der Waals surface area (Å²) in [5.41, 5.74) is 15.4. The number of pyridine rings is 1. The summed E-state index contributed by atoms with van der Waals surface area (Å²) in [6.45, 7) is 9.54. The molecule has 0 bridgehead atoms. The first-order chi connectivity index (χ1) is 17.7. The van der Waals surface area contributed by atoms with Gasteiger partial charge >= 0.3 is 0 Å². The van der Waals surface area contributed by atoms with Crippen molar-refractivity contribution >= 4 is 17.6 Å². The van der Waals surface area contributed by atoms with Crippen LogP contribution in [0.2, 0.25) is 0 Å². The molecule has 4 rings (SSSR count). The van der Waals surface area contributed by atoms with Gasteiger partial charge in [-0.25, -0.2) is 0 Å². The number of hydrogen-bond acceptors (Lipinski definition) is 5. The largest absolute Gasteiger partial charge is 0.359 e. The van der Waals surface area contributed by atoms with Crippen molar-refractivity contribution in [2.45, 2.75) is 45.7 Å². The number of carbonyl (C=O) groups excluding carboxylic acids is 1. The van der Waals surface area contributed by atoms with Gasteiger partial charge in [0, 0.05) is 62.0 Å². The number of hydrogen-bond donors (Lipinski definition) is 1. The lowest BCUT2D eigenvalue weighted by atomic mass is 9.88. The van der Waals surface area contributed by atoms with Crippen LogP contribution in [0.25, 0.3) is 11.6 Å². The number of carbonyl (C=O) groups is 1. The Balaban J connectivity index is 1.43. The molecule has 0 radical (unpaired) electrons. The number of rotatable bonds is 6. The minimum absolute atomic E-state index is 0.0530. The van der Waals surface area contributed by atoms with Gasteiger partial charge in [0.05, 0.1) is 6.17 Å². The highest BCUT2D eigenvalue weighted by Crippen LogP contribution is 2.32. The summed E-state index contributed by atoms with van der Waals surface area (Å²) in [6.07, 6.45) is 10.6. The normalized spacial score (nSPS) is 19.5. The summed E-state index contributed by atoms with van der Waals surface area (Å²) in [6, 6.07) is 10.3. The van der Waals surface area contributed by atoms with Crippen molar-refractivity contribution in [2.24, 2.45) is 5.73 Å². The Morgan fingerprint density at radius 2 is 1.81 bits per heavy atom. The van der Waals surface area contributed by atoms with Crippen LogP contribution in [0.1, 0.15) is 65.3 Å². The molecule has 0 aliphatic carbocycles. The molecule has 1 fully saturated rings. The number of aryl methyl sites for hydroxylation is 1. The first-order valence-electron chi connectivity index (χ1n) is 13.2. The molecule has 0 spiro atoms. The first kappa shape index (κ1) is 26.8. The Hall–Kier alpha value is -3.22. The Bertz CT molecular complexity index is 1220. The lowest BCUT2D eigenvalue weighted by Gasteiger charge is -2.32. The van der Waals surface area contributed by atoms with Crippen LogP contribution in [0, 0.1) is 6.92 Å². The van der Waals surface area contributed by atoms with E-state index in [0.717, 1.165) is 43.7 Å². The van der Waals surface area contributed by atoms with Gasteiger partial charge in [0.15, 0.2) is 0 Å². The van der Waals surface area contributed by atoms with Crippen LogP contribution in [0.15, 0.2) is 60.0 Å². The third kappa shape index (κ3) is 6.03. The SMILES string of the molecule is CC1=C(c2ccnc(C)c2/C=C(\C)CN2CCC(c3ccc(C(=O)N(C)C)cc3)CC2)C=CC(N)N1C. The van der Waals surface area contributed by atoms with E-state index in [0.29, 0.717) is 5.92 Å². The summed E-state index contributed by atoms with van der Waals surface area (Å²) < 4.78 is 0. The molecule has 6 nitrogen and oxygen atoms in total. The summed E-state index contributed by atoms with van der Waals surface area (Å²) >= 11 is 0. The molecule has 2 aliphatic heterocycles. The molecule has 6 heteroatoms. The van der Waals surface area contributed by atoms with Crippen molar-refractivity contribution in [1.82, 2.24) is 19.7 Å². The highest BCUT2D eigenvalue weighted by Gasteiger charge is 2.22. The Kier molecular flexibility index (Phi) is 8.30. The molecular weight excluding hydrogens is 458 g/mol. The smallest absolute Gasteiger partial charge is 0.253 e. The van der Waals surface area contributed by atoms with Gasteiger partial charge in [0.1, 0.15) is 0 Å². The molecule has 3 heterocycles. The van der Waals surface area contributed by atoms with E-state index in [1.54, 1.807) is 19.0 Å². The predicted octanol–water partition coefficient (Wildman–Crippen LogP) is 4.89. The number of likely N-dealkylation sites (tertiary alicyclic amines) is 1. The standard InChI is InChI=1S/C31H41N5O/c1-21(19-29-22(2)33-16-13-28(29)27-11-12-30(32)35(6)23(27)3)20-36-17-14-25(15-18-36)24-7-9-26(10-8-24)31(37)34(4)5/h7-13,16,19,25,30H,14-15,17-18,20,32H2,1-6H3/b21-19+. The van der Waals surface area contributed by atoms with E-state index in [9.17, 15) is 4.79 Å². The topological polar surface area (TPSA) is 65.7 Å². The molecule has 2 aliphatic rings. The number of amides is 1. The van der Waals surface area contributed by atoms with Gasteiger partial charge in [-0.1, -0.05) is 29.9 Å². The molecule has 1 amide bonds. The van der Waals surface area contributed by atoms with Crippen LogP contribution in [0.5, 0.6) is 0 Å². The van der Waals surface area contributed by atoms with Crippen molar-refractivity contribution in [3.63, 3.8) is 0 Å². The van der Waals surface area contributed by atoms with Gasteiger partial charge < -0.3 is 15.5 Å². The van der Waals surface area contributed by atoms with Crippen molar-refractivity contribution in [2.75, 3.05) is 40.8 Å². The zero-order chi connectivity index (χ0) is 26.7. The lowest BCUT2D eigenvalue weighted by Crippen LogP contribution is -2.38. The van der Waals surface area contributed by atoms with Crippen LogP contribution in [-0.2, 0) is 0 Å². The van der Waals surface area contributed by atoms with E-state index < -0.39 is 0 Å². The Morgan fingerprint density at radius 3 is 2.46 bits per heavy atom. The molecule has 0 saturated carbocycles. The van der Waals surface area contributed by atoms with Gasteiger partial charge in [-0.3, -0.25) is 14.7 Å². The van der Waals surface area contributed by atoms with E-state index in [1.165, 1.54) is 33.5 Å². The fraction of sp³-hybridized carbons (Fsp3) is 0.419. The molecule has 37 heavy (non-hydrogen) atoms. The third-order valence-corrected chi connectivity index (χ3v) is 7.79. The maximum absolute atomic E-state index is 12.2. The second-order valence-electron chi connectivity index (χ2n) is 10.7. The van der Waals surface area contributed by atoms with Crippen molar-refractivity contribution < 1.29 is 4.79 Å². The van der Waals surface area contributed by atoms with Crippen LogP contribution in [0.4, 0.5) is 0 Å². The zero-order valence-corrected chi connectivity index (χ0v) is 23.2. The second kappa shape index (κ2) is 11.4. The molecule has 196 valence electrons. The first-order valence-corrected chi connectivity index (χ1v) is 13.2. The van der Waals surface area contributed by atoms with Crippen molar-refractivity contribution in [3.8, 4) is 0 Å². The monoisotopic (exact) mass is 499 g/mol. The third-order valence-electron chi connectivity index (χ3n) is 7.79. The zero-order valence-electron chi connectivity index (χ0n) is 23.2. The Morgan fingerprint density at radius 1 is 1.14 bits per heavy atom. The lowest BCUT2D eigenvalue weighted by molar-refractivity contribution is 0.0827. The number of benzene rings is 1. The maximum Gasteiger partial charge on any atom is 0.253 e. The summed E-state index contributed by atoms with van der Waals surface area (Å²) in [4.78, 5) is 23.1. The molecule has 1 atom stereocenters. The summed E-state index contributed by atoms with van der Waals surface area (Å²) in [5.74, 6) is 0.602. The van der Waals surface area contributed by atoms with Crippen molar-refractivity contribution in [3.05, 3.63) is 87.9 Å². The van der Waals surface area contributed by atoms with Gasteiger partial charge in [-0.2, -0.15) is 0 Å². The van der Waals surface area contributed by atoms with Gasteiger partial charge in [0.2, 0.25) is 0 Å². The van der Waals surface area contributed by atoms with Gasteiger partial charge in [0.25, 0.3) is 5.91 Å². The number of allylic oxidation sites excluding steroid dienone is 3. The molecule has 1 aromatic carbocycles. The average molecular weight is 500 g/mol. The molecule has 2 N–H and O–H groups in total. The molecule has 1 unspecified atom stereocenters. The fourth-order valence-corrected chi connectivity index (χ4v) is 5.36. The van der Waals surface area contributed by atoms with Gasteiger partial charge in [-0.15, -0.1) is 0 Å². The average Bonchev–Trinajstić information content (AvgIpc) is 2.89. The summed E-state index contributed by atoms with van der Waals surface area (Å²) in [7, 11) is 5.62. The minimum atomic E-state index is -0.0891. The molecule has 1 aromatic heterocycles. The minimum Gasteiger partial charge on any atom is -0.359 e. The Labute approximate surface area is 222 Å². The fourth-order valence-electron chi connectivity index (χ4n) is 5.36. The number of nitrogens with zero attached hydrogens (tertiary/aromatic N) is 4. The van der Waals surface area contributed by atoms with Crippen LogP contribution < -0.4 is 5.73 Å².